The van der Waals surface area contributed by atoms with Gasteiger partial charge < -0.3 is 15.6 Å². The number of hydrogen-bond donors (Lipinski definition) is 3. The third-order valence-corrected chi connectivity index (χ3v) is 10.1. The number of aromatic amines is 1. The normalized spacial score (nSPS) is 31.9. The number of amides is 2. The van der Waals surface area contributed by atoms with Crippen LogP contribution in [0.15, 0.2) is 42.5 Å². The molecule has 0 radical (unpaired) electrons. The molecule has 5 aliphatic carbocycles. The molecule has 0 saturated heterocycles. The van der Waals surface area contributed by atoms with E-state index >= 15 is 0 Å². The number of aromatic nitrogens is 2. The zero-order chi connectivity index (χ0) is 25.9. The van der Waals surface area contributed by atoms with E-state index in [2.05, 4.69) is 22.5 Å². The van der Waals surface area contributed by atoms with Crippen LogP contribution in [-0.2, 0) is 4.79 Å². The van der Waals surface area contributed by atoms with Gasteiger partial charge in [-0.15, -0.1) is 0 Å². The standard InChI is InChI=1S/C32H38N4O2/c1-19-4-2-3-5-26(19)36-30(37)24-8-11-27-28(15-24)35-29(34-27)23-6-9-25(10-7-23)33-31(38)32-16-20-12-21(17-32)14-22(13-20)18-32/h6-11,15,19-22,26H,2-5,12-14,16-18H2,1H3,(H,33,38)(H,34,35)(H,36,37). The van der Waals surface area contributed by atoms with Gasteiger partial charge in [-0.1, -0.05) is 19.8 Å². The van der Waals surface area contributed by atoms with E-state index in [1.807, 2.05) is 42.5 Å². The van der Waals surface area contributed by atoms with Crippen LogP contribution in [0.4, 0.5) is 5.69 Å². The summed E-state index contributed by atoms with van der Waals surface area (Å²) >= 11 is 0. The summed E-state index contributed by atoms with van der Waals surface area (Å²) < 4.78 is 0. The molecule has 5 saturated carbocycles. The van der Waals surface area contributed by atoms with Crippen LogP contribution in [0.2, 0.25) is 0 Å². The second-order valence-corrected chi connectivity index (χ2v) is 12.9. The minimum absolute atomic E-state index is 0.0130. The van der Waals surface area contributed by atoms with Gasteiger partial charge in [-0.2, -0.15) is 0 Å². The fraction of sp³-hybridized carbons (Fsp3) is 0.531. The predicted octanol–water partition coefficient (Wildman–Crippen LogP) is 6.69. The summed E-state index contributed by atoms with van der Waals surface area (Å²) in [6.45, 7) is 2.23. The van der Waals surface area contributed by atoms with Gasteiger partial charge in [0.25, 0.3) is 5.91 Å². The average molecular weight is 511 g/mol. The average Bonchev–Trinajstić information content (AvgIpc) is 3.33. The Kier molecular flexibility index (Phi) is 5.82. The predicted molar refractivity (Wildman–Crippen MR) is 150 cm³/mol. The number of nitrogens with zero attached hydrogens (tertiary/aromatic N) is 1. The molecule has 38 heavy (non-hydrogen) atoms. The molecule has 0 spiro atoms. The van der Waals surface area contributed by atoms with E-state index in [1.54, 1.807) is 0 Å². The molecule has 6 nitrogen and oxygen atoms in total. The van der Waals surface area contributed by atoms with Crippen LogP contribution in [0.5, 0.6) is 0 Å². The van der Waals surface area contributed by atoms with Crippen molar-refractivity contribution in [3.05, 3.63) is 48.0 Å². The zero-order valence-corrected chi connectivity index (χ0v) is 22.3. The lowest BCUT2D eigenvalue weighted by Crippen LogP contribution is -2.51. The molecule has 5 aliphatic rings. The quantitative estimate of drug-likeness (QED) is 0.357. The van der Waals surface area contributed by atoms with E-state index in [1.165, 1.54) is 38.5 Å². The summed E-state index contributed by atoms with van der Waals surface area (Å²) in [7, 11) is 0. The lowest BCUT2D eigenvalue weighted by Gasteiger charge is -2.55. The number of anilines is 1. The highest BCUT2D eigenvalue weighted by atomic mass is 16.2. The maximum absolute atomic E-state index is 13.4. The highest BCUT2D eigenvalue weighted by molar-refractivity contribution is 5.98. The zero-order valence-electron chi connectivity index (χ0n) is 22.3. The molecule has 2 amide bonds. The van der Waals surface area contributed by atoms with E-state index in [0.717, 1.165) is 71.5 Å². The summed E-state index contributed by atoms with van der Waals surface area (Å²) in [5, 5.41) is 6.49. The lowest BCUT2D eigenvalue weighted by atomic mass is 9.49. The van der Waals surface area contributed by atoms with Crippen LogP contribution in [0.25, 0.3) is 22.4 Å². The SMILES string of the molecule is CC1CCCCC1NC(=O)c1ccc2nc(-c3ccc(NC(=O)C45CC6CC(CC(C6)C4)C5)cc3)[nH]c2c1. The molecule has 8 rings (SSSR count). The van der Waals surface area contributed by atoms with Crippen molar-refractivity contribution in [1.82, 2.24) is 15.3 Å². The number of benzene rings is 2. The van der Waals surface area contributed by atoms with Crippen molar-refractivity contribution < 1.29 is 9.59 Å². The summed E-state index contributed by atoms with van der Waals surface area (Å²) in [5.74, 6) is 3.76. The molecular formula is C32H38N4O2. The topological polar surface area (TPSA) is 86.9 Å². The van der Waals surface area contributed by atoms with Crippen molar-refractivity contribution in [3.8, 4) is 11.4 Å². The molecule has 6 heteroatoms. The van der Waals surface area contributed by atoms with Crippen molar-refractivity contribution in [1.29, 1.82) is 0 Å². The minimum atomic E-state index is -0.148. The van der Waals surface area contributed by atoms with Crippen LogP contribution in [0.1, 0.15) is 81.5 Å². The van der Waals surface area contributed by atoms with Crippen LogP contribution >= 0.6 is 0 Å². The van der Waals surface area contributed by atoms with Crippen molar-refractivity contribution in [2.24, 2.45) is 29.1 Å². The summed E-state index contributed by atoms with van der Waals surface area (Å²) in [6.07, 6.45) is 11.9. The largest absolute Gasteiger partial charge is 0.349 e. The molecule has 2 aromatic carbocycles. The van der Waals surface area contributed by atoms with Gasteiger partial charge in [0.05, 0.1) is 16.4 Å². The number of carbonyl (C=O) groups excluding carboxylic acids is 2. The molecule has 5 fully saturated rings. The van der Waals surface area contributed by atoms with Crippen LogP contribution in [0, 0.1) is 29.1 Å². The number of imidazole rings is 1. The van der Waals surface area contributed by atoms with Gasteiger partial charge in [-0.3, -0.25) is 9.59 Å². The number of hydrogen-bond acceptors (Lipinski definition) is 3. The van der Waals surface area contributed by atoms with E-state index in [0.29, 0.717) is 11.5 Å². The van der Waals surface area contributed by atoms with Crippen LogP contribution in [-0.4, -0.2) is 27.8 Å². The van der Waals surface area contributed by atoms with E-state index in [9.17, 15) is 9.59 Å². The molecule has 2 unspecified atom stereocenters. The Labute approximate surface area is 224 Å². The summed E-state index contributed by atoms with van der Waals surface area (Å²) in [5.41, 5.74) is 4.00. The molecule has 198 valence electrons. The molecule has 2 atom stereocenters. The van der Waals surface area contributed by atoms with Gasteiger partial charge in [-0.05, 0) is 118 Å². The van der Waals surface area contributed by atoms with Crippen molar-refractivity contribution in [2.75, 3.05) is 5.32 Å². The van der Waals surface area contributed by atoms with Crippen molar-refractivity contribution in [3.63, 3.8) is 0 Å². The number of nitrogens with one attached hydrogen (secondary N) is 3. The summed E-state index contributed by atoms with van der Waals surface area (Å²) in [4.78, 5) is 34.5. The number of H-pyrrole nitrogens is 1. The van der Waals surface area contributed by atoms with Gasteiger partial charge >= 0.3 is 0 Å². The second-order valence-electron chi connectivity index (χ2n) is 12.9. The van der Waals surface area contributed by atoms with E-state index < -0.39 is 0 Å². The Morgan fingerprint density at radius 2 is 1.61 bits per heavy atom. The fourth-order valence-electron chi connectivity index (χ4n) is 8.43. The van der Waals surface area contributed by atoms with Crippen LogP contribution < -0.4 is 10.6 Å². The third-order valence-electron chi connectivity index (χ3n) is 10.1. The number of carbonyl (C=O) groups is 2. The first-order valence-electron chi connectivity index (χ1n) is 14.7. The highest BCUT2D eigenvalue weighted by Gasteiger charge is 2.54. The van der Waals surface area contributed by atoms with E-state index in [4.69, 9.17) is 4.98 Å². The molecule has 4 bridgehead atoms. The second kappa shape index (κ2) is 9.25. The van der Waals surface area contributed by atoms with Gasteiger partial charge in [0.2, 0.25) is 5.91 Å². The van der Waals surface area contributed by atoms with Crippen molar-refractivity contribution >= 4 is 28.5 Å². The Morgan fingerprint density at radius 1 is 0.921 bits per heavy atom. The summed E-state index contributed by atoms with van der Waals surface area (Å²) in [6, 6.07) is 13.9. The Morgan fingerprint density at radius 3 is 2.29 bits per heavy atom. The molecular weight excluding hydrogens is 472 g/mol. The molecule has 0 aliphatic heterocycles. The fourth-order valence-corrected chi connectivity index (χ4v) is 8.43. The first kappa shape index (κ1) is 23.9. The highest BCUT2D eigenvalue weighted by Crippen LogP contribution is 2.60. The Hall–Kier alpha value is -3.15. The lowest BCUT2D eigenvalue weighted by molar-refractivity contribution is -0.140. The maximum atomic E-state index is 13.4. The Balaban J connectivity index is 1.04. The van der Waals surface area contributed by atoms with Crippen LogP contribution in [0.3, 0.4) is 0 Å². The van der Waals surface area contributed by atoms with Crippen molar-refractivity contribution in [2.45, 2.75) is 77.2 Å². The number of rotatable bonds is 5. The Bertz CT molecular complexity index is 1340. The van der Waals surface area contributed by atoms with Gasteiger partial charge in [0.15, 0.2) is 0 Å². The van der Waals surface area contributed by atoms with Gasteiger partial charge in [0.1, 0.15) is 5.82 Å². The molecule has 3 N–H and O–H groups in total. The minimum Gasteiger partial charge on any atom is -0.349 e. The van der Waals surface area contributed by atoms with E-state index in [-0.39, 0.29) is 23.3 Å². The maximum Gasteiger partial charge on any atom is 0.251 e. The van der Waals surface area contributed by atoms with Gasteiger partial charge in [-0.25, -0.2) is 4.98 Å². The molecule has 1 aromatic heterocycles. The smallest absolute Gasteiger partial charge is 0.251 e. The molecule has 1 heterocycles. The molecule has 3 aromatic rings. The first-order valence-corrected chi connectivity index (χ1v) is 14.7. The number of fused-ring (bicyclic) bond motifs is 1. The van der Waals surface area contributed by atoms with Gasteiger partial charge in [0, 0.05) is 22.9 Å². The first-order chi connectivity index (χ1) is 18.4. The monoisotopic (exact) mass is 510 g/mol. The third kappa shape index (κ3) is 4.32.